The van der Waals surface area contributed by atoms with Gasteiger partial charge in [0.05, 0.1) is 0 Å². The van der Waals surface area contributed by atoms with Crippen LogP contribution < -0.4 is 5.32 Å². The maximum absolute atomic E-state index is 3.54. The minimum Gasteiger partial charge on any atom is -0.357 e. The van der Waals surface area contributed by atoms with Crippen LogP contribution in [0.15, 0.2) is 24.5 Å². The fourth-order valence-corrected chi connectivity index (χ4v) is 7.09. The van der Waals surface area contributed by atoms with Crippen molar-refractivity contribution in [3.8, 4) is 0 Å². The van der Waals surface area contributed by atoms with Gasteiger partial charge in [-0.05, 0) is 146 Å². The minimum absolute atomic E-state index is 1.08. The molecule has 7 fully saturated rings. The van der Waals surface area contributed by atoms with Crippen molar-refractivity contribution < 1.29 is 0 Å². The van der Waals surface area contributed by atoms with E-state index in [-0.39, 0.29) is 0 Å². The van der Waals surface area contributed by atoms with Crippen molar-refractivity contribution in [1.82, 2.24) is 19.7 Å². The second-order valence-electron chi connectivity index (χ2n) is 11.6. The van der Waals surface area contributed by atoms with E-state index in [4.69, 9.17) is 0 Å². The van der Waals surface area contributed by atoms with Crippen molar-refractivity contribution in [3.63, 3.8) is 0 Å². The number of nitrogens with zero attached hydrogens (tertiary/aromatic N) is 3. The first kappa shape index (κ1) is 31.4. The van der Waals surface area contributed by atoms with Gasteiger partial charge in [0.1, 0.15) is 0 Å². The van der Waals surface area contributed by atoms with E-state index in [2.05, 4.69) is 22.2 Å². The molecule has 0 aromatic carbocycles. The quantitative estimate of drug-likeness (QED) is 0.416. The summed E-state index contributed by atoms with van der Waals surface area (Å²) in [5, 5.41) is 3.54. The second-order valence-corrected chi connectivity index (χ2v) is 11.6. The molecule has 0 amide bonds. The number of rotatable bonds is 0. The van der Waals surface area contributed by atoms with Crippen LogP contribution >= 0.6 is 0 Å². The maximum Gasteiger partial charge on any atom is 0.0106 e. The highest BCUT2D eigenvalue weighted by molar-refractivity contribution is 4.99. The Hall–Kier alpha value is -0.840. The van der Waals surface area contributed by atoms with E-state index < -0.39 is 0 Å². The van der Waals surface area contributed by atoms with E-state index in [1.807, 2.05) is 63.8 Å². The zero-order chi connectivity index (χ0) is 26.2. The number of aryl methyl sites for hydroxylation is 1. The fraction of sp³-hybridized carbons (Fsp3) is 0.875. The lowest BCUT2D eigenvalue weighted by molar-refractivity contribution is 0.111. The average molecular weight is 503 g/mol. The van der Waals surface area contributed by atoms with Gasteiger partial charge >= 0.3 is 0 Å². The second kappa shape index (κ2) is 18.4. The molecule has 4 bridgehead atoms. The van der Waals surface area contributed by atoms with Crippen molar-refractivity contribution in [3.05, 3.63) is 24.5 Å². The Labute approximate surface area is 225 Å². The van der Waals surface area contributed by atoms with Crippen LogP contribution in [0.25, 0.3) is 0 Å². The lowest BCUT2D eigenvalue weighted by atomic mass is 9.78. The average Bonchev–Trinajstić information content (AvgIpc) is 3.65. The van der Waals surface area contributed by atoms with Crippen LogP contribution in [0.4, 0.5) is 0 Å². The van der Waals surface area contributed by atoms with Gasteiger partial charge in [0, 0.05) is 19.4 Å². The van der Waals surface area contributed by atoms with E-state index in [0.29, 0.717) is 0 Å². The normalized spacial score (nSPS) is 33.4. The van der Waals surface area contributed by atoms with Crippen LogP contribution in [-0.4, -0.2) is 67.2 Å². The molecule has 8 rings (SSSR count). The molecule has 2 saturated carbocycles. The summed E-state index contributed by atoms with van der Waals surface area (Å²) in [6.45, 7) is 17.5. The third-order valence-electron chi connectivity index (χ3n) is 9.05. The lowest BCUT2D eigenvalue weighted by Crippen LogP contribution is -2.41. The summed E-state index contributed by atoms with van der Waals surface area (Å²) in [5.41, 5.74) is 0. The predicted molar refractivity (Wildman–Crippen MR) is 159 cm³/mol. The predicted octanol–water partition coefficient (Wildman–Crippen LogP) is 6.92. The molecule has 1 aromatic heterocycles. The standard InChI is InChI=1S/C9H15N.C7H13N.C7H15N.C5H7N.2C2H6/c1-6-2-8-5-10-4-7(1)9(8)3-6;1-4-8-5-2-7(1)3-6-8;1-8-6-4-2-3-5-7-8;1-6-4-2-3-5-6;2*1-2/h6-10H,1-5H2;7H,1-6H2;2-7H2,1H3;2-5H,1H3;2*1-2H3. The molecule has 2 unspecified atom stereocenters. The molecule has 36 heavy (non-hydrogen) atoms. The molecule has 6 heterocycles. The van der Waals surface area contributed by atoms with E-state index in [0.717, 1.165) is 29.6 Å². The number of piperidine rings is 4. The highest BCUT2D eigenvalue weighted by Crippen LogP contribution is 2.52. The first-order valence-electron chi connectivity index (χ1n) is 15.9. The molecule has 0 radical (unpaired) electrons. The minimum atomic E-state index is 1.08. The molecule has 4 nitrogen and oxygen atoms in total. The Balaban J connectivity index is 0.000000164. The van der Waals surface area contributed by atoms with Crippen LogP contribution in [0.2, 0.25) is 0 Å². The first-order valence-corrected chi connectivity index (χ1v) is 15.9. The Kier molecular flexibility index (Phi) is 16.1. The van der Waals surface area contributed by atoms with Crippen LogP contribution in [0.5, 0.6) is 0 Å². The van der Waals surface area contributed by atoms with Gasteiger partial charge in [-0.2, -0.15) is 0 Å². The van der Waals surface area contributed by atoms with Gasteiger partial charge < -0.3 is 19.7 Å². The molecule has 5 aliphatic heterocycles. The third-order valence-corrected chi connectivity index (χ3v) is 9.05. The van der Waals surface area contributed by atoms with Crippen LogP contribution in [0.1, 0.15) is 91.9 Å². The zero-order valence-corrected chi connectivity index (χ0v) is 25.1. The number of fused-ring (bicyclic) bond motifs is 4. The van der Waals surface area contributed by atoms with Gasteiger partial charge in [-0.3, -0.25) is 0 Å². The molecular weight excluding hydrogens is 440 g/mol. The largest absolute Gasteiger partial charge is 0.357 e. The molecule has 210 valence electrons. The van der Waals surface area contributed by atoms with Gasteiger partial charge in [0.15, 0.2) is 0 Å². The summed E-state index contributed by atoms with van der Waals surface area (Å²) in [6, 6.07) is 4.00. The zero-order valence-electron chi connectivity index (χ0n) is 25.1. The Bertz CT molecular complexity index is 574. The van der Waals surface area contributed by atoms with Crippen molar-refractivity contribution in [2.75, 3.05) is 52.9 Å². The monoisotopic (exact) mass is 502 g/mol. The molecule has 2 atom stereocenters. The summed E-state index contributed by atoms with van der Waals surface area (Å²) in [6.07, 6.45) is 18.9. The fourth-order valence-electron chi connectivity index (χ4n) is 7.09. The van der Waals surface area contributed by atoms with Gasteiger partial charge in [-0.1, -0.05) is 40.5 Å². The summed E-state index contributed by atoms with van der Waals surface area (Å²) < 4.78 is 2.00. The van der Waals surface area contributed by atoms with E-state index in [1.165, 1.54) is 90.8 Å². The van der Waals surface area contributed by atoms with Gasteiger partial charge in [0.2, 0.25) is 0 Å². The number of hydrogen-bond acceptors (Lipinski definition) is 3. The molecule has 0 spiro atoms. The Morgan fingerprint density at radius 2 is 1.11 bits per heavy atom. The Morgan fingerprint density at radius 3 is 1.42 bits per heavy atom. The molecule has 1 N–H and O–H groups in total. The van der Waals surface area contributed by atoms with Crippen molar-refractivity contribution in [1.29, 1.82) is 0 Å². The van der Waals surface area contributed by atoms with Gasteiger partial charge in [-0.25, -0.2) is 0 Å². The summed E-state index contributed by atoms with van der Waals surface area (Å²) in [4.78, 5) is 5.01. The van der Waals surface area contributed by atoms with Gasteiger partial charge in [0.25, 0.3) is 0 Å². The molecule has 1 aromatic rings. The highest BCUT2D eigenvalue weighted by Gasteiger charge is 2.47. The summed E-state index contributed by atoms with van der Waals surface area (Å²) in [5.74, 6) is 5.56. The molecule has 2 aliphatic carbocycles. The summed E-state index contributed by atoms with van der Waals surface area (Å²) in [7, 11) is 4.21. The topological polar surface area (TPSA) is 23.4 Å². The van der Waals surface area contributed by atoms with Crippen LogP contribution in [0.3, 0.4) is 0 Å². The third kappa shape index (κ3) is 10.9. The number of nitrogens with one attached hydrogen (secondary N) is 1. The van der Waals surface area contributed by atoms with Crippen molar-refractivity contribution in [2.45, 2.75) is 91.9 Å². The number of likely N-dealkylation sites (tertiary alicyclic amines) is 1. The van der Waals surface area contributed by atoms with E-state index >= 15 is 0 Å². The molecule has 5 saturated heterocycles. The SMILES string of the molecule is C1CN2CCC1CC2.C1NCC2CC3CC1C2C3.CC.CC.CN1CCCCCC1.Cn1cccc1. The van der Waals surface area contributed by atoms with E-state index in [1.54, 1.807) is 19.3 Å². The van der Waals surface area contributed by atoms with Crippen LogP contribution in [-0.2, 0) is 7.05 Å². The van der Waals surface area contributed by atoms with Crippen molar-refractivity contribution in [2.24, 2.45) is 36.6 Å². The first-order chi connectivity index (χ1) is 17.7. The highest BCUT2D eigenvalue weighted by atomic mass is 15.1. The smallest absolute Gasteiger partial charge is 0.0106 e. The summed E-state index contributed by atoms with van der Waals surface area (Å²) >= 11 is 0. The lowest BCUT2D eigenvalue weighted by Gasteiger charge is -2.38. The van der Waals surface area contributed by atoms with Gasteiger partial charge in [-0.15, -0.1) is 0 Å². The molecule has 7 aliphatic rings. The Morgan fingerprint density at radius 1 is 0.611 bits per heavy atom. The number of aromatic nitrogens is 1. The van der Waals surface area contributed by atoms with E-state index in [9.17, 15) is 0 Å². The molecular formula is C32H62N4. The molecule has 4 heteroatoms. The maximum atomic E-state index is 3.54. The number of hydrogen-bond donors (Lipinski definition) is 1. The van der Waals surface area contributed by atoms with Crippen LogP contribution in [0, 0.1) is 29.6 Å². The van der Waals surface area contributed by atoms with Crippen molar-refractivity contribution >= 4 is 0 Å².